The van der Waals surface area contributed by atoms with E-state index in [9.17, 15) is 4.79 Å². The van der Waals surface area contributed by atoms with E-state index in [0.29, 0.717) is 5.78 Å². The van der Waals surface area contributed by atoms with Crippen LogP contribution in [-0.4, -0.2) is 35.5 Å². The minimum absolute atomic E-state index is 0. The summed E-state index contributed by atoms with van der Waals surface area (Å²) in [6.45, 7) is 8.74. The summed E-state index contributed by atoms with van der Waals surface area (Å²) in [4.78, 5) is 19.0. The Bertz CT molecular complexity index is 812. The number of hydrogen-bond acceptors (Lipinski definition) is 4. The Kier molecular flexibility index (Phi) is 8.41. The smallest absolute Gasteiger partial charge is 0.164 e. The van der Waals surface area contributed by atoms with E-state index >= 15 is 0 Å². The first kappa shape index (κ1) is 23.2. The molecule has 0 amide bonds. The van der Waals surface area contributed by atoms with E-state index < -0.39 is 0 Å². The molecule has 4 aliphatic rings. The fourth-order valence-electron chi connectivity index (χ4n) is 4.11. The lowest BCUT2D eigenvalue weighted by atomic mass is 9.88. The zero-order valence-electron chi connectivity index (χ0n) is 17.8. The van der Waals surface area contributed by atoms with Crippen LogP contribution in [0.1, 0.15) is 66.2 Å². The standard InChI is InChI=1S/C12H17NS.C11H14OS.H2O/c1-8-4-5-11-12(9(8)2)10(13-3)6-7-14-11;1-7-3-4-10-11(8(7)2)9(12)5-6-13-10;/h4-7H2,1-3H3;3-6H2,1-2H3;1H2. The van der Waals surface area contributed by atoms with Crippen molar-refractivity contribution in [3.63, 3.8) is 0 Å². The molecule has 5 heteroatoms. The lowest BCUT2D eigenvalue weighted by molar-refractivity contribution is -0.115. The molecule has 0 aromatic rings. The number of carbonyl (C=O) groups is 1. The van der Waals surface area contributed by atoms with Crippen molar-refractivity contribution in [2.75, 3.05) is 18.6 Å². The molecular formula is C23H33NO2S2. The van der Waals surface area contributed by atoms with Gasteiger partial charge in [-0.05, 0) is 80.8 Å². The number of thioether (sulfide) groups is 2. The van der Waals surface area contributed by atoms with E-state index in [2.05, 4.69) is 32.7 Å². The molecule has 0 saturated carbocycles. The van der Waals surface area contributed by atoms with E-state index in [1.54, 1.807) is 10.5 Å². The number of carbonyl (C=O) groups excluding carboxylic acids is 1. The minimum atomic E-state index is 0. The first-order valence-electron chi connectivity index (χ1n) is 9.98. The van der Waals surface area contributed by atoms with Gasteiger partial charge in [-0.15, -0.1) is 23.5 Å². The number of ketones is 1. The molecule has 0 unspecified atom stereocenters. The minimum Gasteiger partial charge on any atom is -0.412 e. The number of hydrogen-bond donors (Lipinski definition) is 0. The largest absolute Gasteiger partial charge is 0.412 e. The van der Waals surface area contributed by atoms with Gasteiger partial charge in [-0.25, -0.2) is 0 Å². The quantitative estimate of drug-likeness (QED) is 0.496. The van der Waals surface area contributed by atoms with Crippen molar-refractivity contribution >= 4 is 35.0 Å². The van der Waals surface area contributed by atoms with Gasteiger partial charge in [-0.2, -0.15) is 0 Å². The maximum absolute atomic E-state index is 11.7. The Morgan fingerprint density at radius 1 is 0.714 bits per heavy atom. The highest BCUT2D eigenvalue weighted by Crippen LogP contribution is 2.41. The molecule has 0 aromatic carbocycles. The third-order valence-corrected chi connectivity index (χ3v) is 8.43. The van der Waals surface area contributed by atoms with Crippen LogP contribution >= 0.6 is 23.5 Å². The van der Waals surface area contributed by atoms with Crippen molar-refractivity contribution in [3.8, 4) is 0 Å². The van der Waals surface area contributed by atoms with Gasteiger partial charge >= 0.3 is 0 Å². The monoisotopic (exact) mass is 419 g/mol. The van der Waals surface area contributed by atoms with Crippen molar-refractivity contribution in [2.45, 2.75) is 66.2 Å². The van der Waals surface area contributed by atoms with E-state index in [1.165, 1.54) is 51.5 Å². The van der Waals surface area contributed by atoms with E-state index in [1.807, 2.05) is 30.6 Å². The van der Waals surface area contributed by atoms with Gasteiger partial charge in [0.1, 0.15) is 0 Å². The second-order valence-electron chi connectivity index (χ2n) is 7.70. The average Bonchev–Trinajstić information content (AvgIpc) is 2.68. The summed E-state index contributed by atoms with van der Waals surface area (Å²) in [5.74, 6) is 2.58. The van der Waals surface area contributed by atoms with Crippen molar-refractivity contribution in [3.05, 3.63) is 43.2 Å². The van der Waals surface area contributed by atoms with Gasteiger partial charge in [-0.3, -0.25) is 9.79 Å². The zero-order valence-corrected chi connectivity index (χ0v) is 19.5. The summed E-state index contributed by atoms with van der Waals surface area (Å²) in [6, 6.07) is 0. The summed E-state index contributed by atoms with van der Waals surface area (Å²) < 4.78 is 0. The van der Waals surface area contributed by atoms with E-state index in [4.69, 9.17) is 0 Å². The SMILES string of the molecule is CC1=C(C)C2=C(CC1)SCCC2=O.CN=C1CCSC2=C1C(C)=C(C)CC2.O. The fourth-order valence-corrected chi connectivity index (χ4v) is 6.51. The topological polar surface area (TPSA) is 60.9 Å². The number of allylic oxidation sites excluding steroid dienone is 8. The van der Waals surface area contributed by atoms with Crippen LogP contribution in [-0.2, 0) is 4.79 Å². The van der Waals surface area contributed by atoms with Crippen LogP contribution in [0.4, 0.5) is 0 Å². The van der Waals surface area contributed by atoms with Gasteiger partial charge in [0.2, 0.25) is 0 Å². The highest BCUT2D eigenvalue weighted by atomic mass is 32.2. The maximum Gasteiger partial charge on any atom is 0.164 e. The zero-order chi connectivity index (χ0) is 19.6. The van der Waals surface area contributed by atoms with Crippen LogP contribution in [0.15, 0.2) is 48.2 Å². The van der Waals surface area contributed by atoms with Gasteiger partial charge < -0.3 is 5.48 Å². The molecule has 28 heavy (non-hydrogen) atoms. The van der Waals surface area contributed by atoms with Crippen LogP contribution in [0.5, 0.6) is 0 Å². The van der Waals surface area contributed by atoms with E-state index in [0.717, 1.165) is 37.0 Å². The molecule has 0 aromatic heterocycles. The second-order valence-corrected chi connectivity index (χ2v) is 10.1. The lowest BCUT2D eigenvalue weighted by Crippen LogP contribution is -2.16. The molecule has 3 nitrogen and oxygen atoms in total. The first-order valence-corrected chi connectivity index (χ1v) is 12.0. The highest BCUT2D eigenvalue weighted by Gasteiger charge is 2.26. The Hall–Kier alpha value is -1.04. The Labute approximate surface area is 178 Å². The van der Waals surface area contributed by atoms with Crippen LogP contribution in [0, 0.1) is 0 Å². The third kappa shape index (κ3) is 4.74. The second kappa shape index (κ2) is 10.1. The molecule has 2 aliphatic heterocycles. The molecule has 2 heterocycles. The van der Waals surface area contributed by atoms with Crippen LogP contribution < -0.4 is 0 Å². The van der Waals surface area contributed by atoms with Gasteiger partial charge in [0, 0.05) is 41.8 Å². The van der Waals surface area contributed by atoms with Crippen molar-refractivity contribution in [1.29, 1.82) is 0 Å². The van der Waals surface area contributed by atoms with Gasteiger partial charge in [0.25, 0.3) is 0 Å². The Morgan fingerprint density at radius 2 is 1.21 bits per heavy atom. The maximum atomic E-state index is 11.7. The molecule has 2 aliphatic carbocycles. The van der Waals surface area contributed by atoms with Crippen molar-refractivity contribution in [2.24, 2.45) is 4.99 Å². The predicted molar refractivity (Wildman–Crippen MR) is 125 cm³/mol. The fraction of sp³-hybridized carbons (Fsp3) is 0.565. The molecule has 0 radical (unpaired) electrons. The summed E-state index contributed by atoms with van der Waals surface area (Å²) >= 11 is 3.92. The Balaban J connectivity index is 0.000000194. The summed E-state index contributed by atoms with van der Waals surface area (Å²) in [7, 11) is 1.92. The van der Waals surface area contributed by atoms with Gasteiger partial charge in [0.05, 0.1) is 0 Å². The molecule has 0 atom stereocenters. The predicted octanol–water partition coefficient (Wildman–Crippen LogP) is 5.83. The summed E-state index contributed by atoms with van der Waals surface area (Å²) in [5.41, 5.74) is 9.54. The van der Waals surface area contributed by atoms with Crippen LogP contribution in [0.2, 0.25) is 0 Å². The lowest BCUT2D eigenvalue weighted by Gasteiger charge is -2.27. The van der Waals surface area contributed by atoms with Crippen molar-refractivity contribution < 1.29 is 10.3 Å². The number of nitrogens with zero attached hydrogens (tertiary/aromatic N) is 1. The van der Waals surface area contributed by atoms with Gasteiger partial charge in [-0.1, -0.05) is 11.1 Å². The molecule has 154 valence electrons. The van der Waals surface area contributed by atoms with Crippen molar-refractivity contribution in [1.82, 2.24) is 0 Å². The highest BCUT2D eigenvalue weighted by molar-refractivity contribution is 8.03. The summed E-state index contributed by atoms with van der Waals surface area (Å²) in [5, 5.41) is 0. The molecule has 0 bridgehead atoms. The molecule has 0 fully saturated rings. The average molecular weight is 420 g/mol. The molecule has 0 saturated heterocycles. The Morgan fingerprint density at radius 3 is 1.79 bits per heavy atom. The van der Waals surface area contributed by atoms with Crippen LogP contribution in [0.25, 0.3) is 0 Å². The molecule has 0 spiro atoms. The van der Waals surface area contributed by atoms with Crippen LogP contribution in [0.3, 0.4) is 0 Å². The number of aliphatic imine (C=N–C) groups is 1. The summed E-state index contributed by atoms with van der Waals surface area (Å²) in [6.07, 6.45) is 6.59. The van der Waals surface area contributed by atoms with Gasteiger partial charge in [0.15, 0.2) is 5.78 Å². The number of Topliss-reactive ketones (excluding diaryl/α,β-unsaturated/α-hetero) is 1. The normalized spacial score (nSPS) is 23.9. The molecular weight excluding hydrogens is 386 g/mol. The first-order chi connectivity index (χ1) is 12.9. The van der Waals surface area contributed by atoms with E-state index in [-0.39, 0.29) is 5.48 Å². The third-order valence-electron chi connectivity index (χ3n) is 6.10. The molecule has 2 N–H and O–H groups in total. The number of rotatable bonds is 0. The molecule has 4 rings (SSSR count).